The second-order valence-electron chi connectivity index (χ2n) is 7.09. The third-order valence-corrected chi connectivity index (χ3v) is 7.27. The van der Waals surface area contributed by atoms with E-state index in [0.29, 0.717) is 11.6 Å². The molecular weight excluding hydrogens is 475 g/mol. The number of rotatable bonds is 4. The van der Waals surface area contributed by atoms with Crippen molar-refractivity contribution < 1.29 is 31.3 Å². The fourth-order valence-electron chi connectivity index (χ4n) is 3.34. The second kappa shape index (κ2) is 8.68. The van der Waals surface area contributed by atoms with Gasteiger partial charge in [0.15, 0.2) is 0 Å². The summed E-state index contributed by atoms with van der Waals surface area (Å²) in [6, 6.07) is 6.31. The van der Waals surface area contributed by atoms with Crippen molar-refractivity contribution in [2.45, 2.75) is 18.0 Å². The highest BCUT2D eigenvalue weighted by Gasteiger charge is 2.36. The van der Waals surface area contributed by atoms with E-state index in [4.69, 9.17) is 11.6 Å². The first kappa shape index (κ1) is 24.0. The number of nitro groups is 1. The van der Waals surface area contributed by atoms with Crippen molar-refractivity contribution in [3.8, 4) is 0 Å². The predicted octanol–water partition coefficient (Wildman–Crippen LogP) is 3.72. The van der Waals surface area contributed by atoms with Gasteiger partial charge in [0.1, 0.15) is 0 Å². The number of carbonyl (C=O) groups excluding carboxylic acids is 1. The molecule has 0 aliphatic carbocycles. The summed E-state index contributed by atoms with van der Waals surface area (Å²) >= 11 is 5.56. The van der Waals surface area contributed by atoms with Crippen molar-refractivity contribution in [3.05, 3.63) is 68.2 Å². The van der Waals surface area contributed by atoms with Crippen molar-refractivity contribution in [2.24, 2.45) is 0 Å². The monoisotopic (exact) mass is 491 g/mol. The normalized spacial score (nSPS) is 15.6. The van der Waals surface area contributed by atoms with Crippen LogP contribution in [0, 0.1) is 17.0 Å². The van der Waals surface area contributed by atoms with Crippen molar-refractivity contribution in [2.75, 3.05) is 26.2 Å². The van der Waals surface area contributed by atoms with Gasteiger partial charge in [-0.15, -0.1) is 0 Å². The molecule has 172 valence electrons. The van der Waals surface area contributed by atoms with Crippen molar-refractivity contribution in [1.82, 2.24) is 9.21 Å². The number of alkyl halides is 3. The van der Waals surface area contributed by atoms with E-state index in [-0.39, 0.29) is 37.4 Å². The maximum absolute atomic E-state index is 13.1. The lowest BCUT2D eigenvalue weighted by Gasteiger charge is -2.34. The zero-order chi connectivity index (χ0) is 23.8. The summed E-state index contributed by atoms with van der Waals surface area (Å²) in [6.45, 7) is 1.27. The van der Waals surface area contributed by atoms with E-state index in [2.05, 4.69) is 0 Å². The van der Waals surface area contributed by atoms with Gasteiger partial charge in [-0.3, -0.25) is 14.9 Å². The van der Waals surface area contributed by atoms with Crippen LogP contribution in [0.15, 0.2) is 41.3 Å². The Labute approximate surface area is 186 Å². The summed E-state index contributed by atoms with van der Waals surface area (Å²) < 4.78 is 65.9. The maximum atomic E-state index is 13.1. The number of amides is 1. The number of piperazine rings is 1. The Balaban J connectivity index is 1.75. The number of hydrogen-bond acceptors (Lipinski definition) is 5. The van der Waals surface area contributed by atoms with Gasteiger partial charge in [-0.2, -0.15) is 17.5 Å². The molecular formula is C19H17ClF3N3O5S. The van der Waals surface area contributed by atoms with Crippen LogP contribution in [-0.2, 0) is 16.2 Å². The molecule has 3 rings (SSSR count). The summed E-state index contributed by atoms with van der Waals surface area (Å²) in [4.78, 5) is 23.9. The highest BCUT2D eigenvalue weighted by atomic mass is 35.5. The van der Waals surface area contributed by atoms with Crippen LogP contribution in [0.5, 0.6) is 0 Å². The minimum Gasteiger partial charge on any atom is -0.336 e. The van der Waals surface area contributed by atoms with Crippen LogP contribution in [0.4, 0.5) is 18.9 Å². The van der Waals surface area contributed by atoms with E-state index in [1.807, 2.05) is 0 Å². The molecule has 0 aromatic heterocycles. The van der Waals surface area contributed by atoms with Crippen molar-refractivity contribution >= 4 is 33.2 Å². The summed E-state index contributed by atoms with van der Waals surface area (Å²) in [6.07, 6.45) is -4.81. The average molecular weight is 492 g/mol. The first-order valence-corrected chi connectivity index (χ1v) is 11.1. The minimum absolute atomic E-state index is 0.00775. The smallest absolute Gasteiger partial charge is 0.336 e. The first-order chi connectivity index (χ1) is 14.8. The topological polar surface area (TPSA) is 101 Å². The summed E-state index contributed by atoms with van der Waals surface area (Å²) in [5.74, 6) is -0.425. The fraction of sp³-hybridized carbons (Fsp3) is 0.316. The number of hydrogen-bond donors (Lipinski definition) is 0. The largest absolute Gasteiger partial charge is 0.417 e. The van der Waals surface area contributed by atoms with Crippen LogP contribution in [-0.4, -0.2) is 54.6 Å². The van der Waals surface area contributed by atoms with E-state index in [0.717, 1.165) is 16.4 Å². The molecule has 0 bridgehead atoms. The Hall–Kier alpha value is -2.70. The Morgan fingerprint density at radius 2 is 1.72 bits per heavy atom. The third kappa shape index (κ3) is 4.71. The average Bonchev–Trinajstić information content (AvgIpc) is 2.72. The number of benzene rings is 2. The van der Waals surface area contributed by atoms with Crippen LogP contribution in [0.3, 0.4) is 0 Å². The van der Waals surface area contributed by atoms with E-state index in [1.54, 1.807) is 0 Å². The molecule has 0 N–H and O–H groups in total. The third-order valence-electron chi connectivity index (χ3n) is 5.05. The molecule has 1 amide bonds. The number of aryl methyl sites for hydroxylation is 1. The Bertz CT molecular complexity index is 1180. The molecule has 13 heteroatoms. The highest BCUT2D eigenvalue weighted by Crippen LogP contribution is 2.36. The van der Waals surface area contributed by atoms with Crippen LogP contribution >= 0.6 is 11.6 Å². The molecule has 2 aromatic rings. The molecule has 1 aliphatic rings. The van der Waals surface area contributed by atoms with Crippen LogP contribution in [0.25, 0.3) is 0 Å². The fourth-order valence-corrected chi connectivity index (χ4v) is 5.01. The lowest BCUT2D eigenvalue weighted by atomic mass is 10.1. The molecule has 0 saturated carbocycles. The Kier molecular flexibility index (Phi) is 6.50. The molecule has 0 spiro atoms. The summed E-state index contributed by atoms with van der Waals surface area (Å²) in [5.41, 5.74) is -0.844. The SMILES string of the molecule is Cc1cc(C(=O)N2CCN(S(=O)(=O)c3ccc(Cl)c(C(F)(F)F)c3)CC2)ccc1[N+](=O)[O-]. The van der Waals surface area contributed by atoms with Gasteiger partial charge in [0.05, 0.1) is 20.4 Å². The van der Waals surface area contributed by atoms with Crippen LogP contribution < -0.4 is 0 Å². The van der Waals surface area contributed by atoms with Gasteiger partial charge in [-0.05, 0) is 37.3 Å². The molecule has 0 radical (unpaired) electrons. The molecule has 1 fully saturated rings. The van der Waals surface area contributed by atoms with Gasteiger partial charge in [-0.25, -0.2) is 8.42 Å². The van der Waals surface area contributed by atoms with E-state index < -0.39 is 42.5 Å². The number of nitrogens with zero attached hydrogens (tertiary/aromatic N) is 3. The molecule has 1 aliphatic heterocycles. The number of halogens is 4. The molecule has 32 heavy (non-hydrogen) atoms. The molecule has 8 nitrogen and oxygen atoms in total. The van der Waals surface area contributed by atoms with E-state index in [1.165, 1.54) is 30.0 Å². The lowest BCUT2D eigenvalue weighted by Crippen LogP contribution is -2.50. The Morgan fingerprint density at radius 3 is 2.25 bits per heavy atom. The zero-order valence-electron chi connectivity index (χ0n) is 16.6. The van der Waals surface area contributed by atoms with Crippen LogP contribution in [0.1, 0.15) is 21.5 Å². The highest BCUT2D eigenvalue weighted by molar-refractivity contribution is 7.89. The predicted molar refractivity (Wildman–Crippen MR) is 109 cm³/mol. The number of nitro benzene ring substituents is 1. The van der Waals surface area contributed by atoms with E-state index in [9.17, 15) is 36.5 Å². The number of sulfonamides is 1. The maximum Gasteiger partial charge on any atom is 0.417 e. The second-order valence-corrected chi connectivity index (χ2v) is 9.44. The van der Waals surface area contributed by atoms with Gasteiger partial charge in [0.25, 0.3) is 11.6 Å². The van der Waals surface area contributed by atoms with Crippen LogP contribution in [0.2, 0.25) is 5.02 Å². The molecule has 2 aromatic carbocycles. The van der Waals surface area contributed by atoms with Crippen molar-refractivity contribution in [1.29, 1.82) is 0 Å². The first-order valence-electron chi connectivity index (χ1n) is 9.23. The molecule has 1 heterocycles. The Morgan fingerprint density at radius 1 is 1.09 bits per heavy atom. The van der Waals surface area contributed by atoms with Gasteiger partial charge in [0.2, 0.25) is 10.0 Å². The van der Waals surface area contributed by atoms with Gasteiger partial charge < -0.3 is 4.90 Å². The minimum atomic E-state index is -4.81. The zero-order valence-corrected chi connectivity index (χ0v) is 18.2. The summed E-state index contributed by atoms with van der Waals surface area (Å²) in [5, 5.41) is 10.3. The van der Waals surface area contributed by atoms with Crippen molar-refractivity contribution in [3.63, 3.8) is 0 Å². The van der Waals surface area contributed by atoms with Gasteiger partial charge in [0, 0.05) is 43.4 Å². The standard InChI is InChI=1S/C19H17ClF3N3O5S/c1-12-10-13(2-5-17(12)26(28)29)18(27)24-6-8-25(9-7-24)32(30,31)14-3-4-16(20)15(11-14)19(21,22)23/h2-5,10-11H,6-9H2,1H3. The summed E-state index contributed by atoms with van der Waals surface area (Å²) in [7, 11) is -4.24. The van der Waals surface area contributed by atoms with Gasteiger partial charge in [-0.1, -0.05) is 11.6 Å². The number of carbonyl (C=O) groups is 1. The quantitative estimate of drug-likeness (QED) is 0.479. The molecule has 0 unspecified atom stereocenters. The van der Waals surface area contributed by atoms with Gasteiger partial charge >= 0.3 is 6.18 Å². The molecule has 0 atom stereocenters. The van der Waals surface area contributed by atoms with E-state index >= 15 is 0 Å². The lowest BCUT2D eigenvalue weighted by molar-refractivity contribution is -0.385. The molecule has 1 saturated heterocycles.